The van der Waals surface area contributed by atoms with Crippen LogP contribution in [0.3, 0.4) is 0 Å². The van der Waals surface area contributed by atoms with Gasteiger partial charge in [0.25, 0.3) is 0 Å². The molecule has 0 spiro atoms. The molecule has 0 radical (unpaired) electrons. The van der Waals surface area contributed by atoms with Crippen molar-refractivity contribution in [1.82, 2.24) is 9.78 Å². The number of aryl methyl sites for hydroxylation is 2. The van der Waals surface area contributed by atoms with E-state index in [1.807, 2.05) is 29.8 Å². The van der Waals surface area contributed by atoms with Crippen LogP contribution in [0.25, 0.3) is 10.9 Å². The number of aromatic hydroxyl groups is 1. The third kappa shape index (κ3) is 2.75. The second-order valence-electron chi connectivity index (χ2n) is 5.31. The molecule has 0 atom stereocenters. The summed E-state index contributed by atoms with van der Waals surface area (Å²) >= 11 is 0. The summed E-state index contributed by atoms with van der Waals surface area (Å²) in [5, 5.41) is 15.2. The summed E-state index contributed by atoms with van der Waals surface area (Å²) in [6.07, 6.45) is 1.78. The molecule has 0 amide bonds. The number of hydrogen-bond acceptors (Lipinski definition) is 5. The van der Waals surface area contributed by atoms with E-state index in [1.165, 1.54) is 6.07 Å². The van der Waals surface area contributed by atoms with Gasteiger partial charge in [-0.15, -0.1) is 0 Å². The summed E-state index contributed by atoms with van der Waals surface area (Å²) in [7, 11) is 0. The number of aromatic nitrogens is 2. The van der Waals surface area contributed by atoms with Gasteiger partial charge in [0, 0.05) is 18.0 Å². The van der Waals surface area contributed by atoms with E-state index >= 15 is 0 Å². The van der Waals surface area contributed by atoms with Crippen LogP contribution < -0.4 is 5.63 Å². The fourth-order valence-electron chi connectivity index (χ4n) is 2.57. The summed E-state index contributed by atoms with van der Waals surface area (Å²) < 4.78 is 6.93. The molecule has 0 bridgehead atoms. The lowest BCUT2D eigenvalue weighted by atomic mass is 10.1. The average molecular weight is 311 g/mol. The molecule has 0 fully saturated rings. The van der Waals surface area contributed by atoms with Gasteiger partial charge in [0.2, 0.25) is 0 Å². The van der Waals surface area contributed by atoms with E-state index in [0.29, 0.717) is 17.2 Å². The van der Waals surface area contributed by atoms with E-state index < -0.39 is 5.63 Å². The van der Waals surface area contributed by atoms with Gasteiger partial charge in [-0.3, -0.25) is 9.67 Å². The van der Waals surface area contributed by atoms with Crippen LogP contribution >= 0.6 is 0 Å². The summed E-state index contributed by atoms with van der Waals surface area (Å²) in [6, 6.07) is 7.09. The molecule has 3 rings (SSSR count). The second kappa shape index (κ2) is 5.72. The summed E-state index contributed by atoms with van der Waals surface area (Å²) in [6.45, 7) is 6.10. The third-order valence-corrected chi connectivity index (χ3v) is 3.64. The maximum absolute atomic E-state index is 11.9. The number of rotatable bonds is 3. The third-order valence-electron chi connectivity index (χ3n) is 3.64. The number of benzene rings is 1. The molecule has 2 aromatic heterocycles. The van der Waals surface area contributed by atoms with Gasteiger partial charge in [0.15, 0.2) is 0 Å². The monoisotopic (exact) mass is 311 g/mol. The van der Waals surface area contributed by atoms with Gasteiger partial charge in [-0.25, -0.2) is 4.79 Å². The van der Waals surface area contributed by atoms with E-state index in [-0.39, 0.29) is 11.3 Å². The summed E-state index contributed by atoms with van der Waals surface area (Å²) in [5.41, 5.74) is 1.61. The minimum atomic E-state index is -0.594. The Morgan fingerprint density at radius 1 is 1.39 bits per heavy atom. The van der Waals surface area contributed by atoms with E-state index in [0.717, 1.165) is 17.4 Å². The Hall–Kier alpha value is -2.89. The zero-order valence-corrected chi connectivity index (χ0v) is 13.2. The molecule has 0 aliphatic rings. The number of nitrogens with zero attached hydrogens (tertiary/aromatic N) is 3. The fraction of sp³-hybridized carbons (Fsp3) is 0.235. The highest BCUT2D eigenvalue weighted by Gasteiger charge is 2.13. The highest BCUT2D eigenvalue weighted by molar-refractivity contribution is 6.02. The summed E-state index contributed by atoms with van der Waals surface area (Å²) in [4.78, 5) is 16.4. The maximum atomic E-state index is 11.9. The van der Waals surface area contributed by atoms with Crippen molar-refractivity contribution in [2.45, 2.75) is 27.3 Å². The molecule has 3 aromatic rings. The topological polar surface area (TPSA) is 80.6 Å². The zero-order chi connectivity index (χ0) is 16.6. The second-order valence-corrected chi connectivity index (χ2v) is 5.31. The van der Waals surface area contributed by atoms with Gasteiger partial charge >= 0.3 is 5.63 Å². The van der Waals surface area contributed by atoms with Crippen molar-refractivity contribution in [3.63, 3.8) is 0 Å². The molecule has 0 aliphatic heterocycles. The van der Waals surface area contributed by atoms with Crippen molar-refractivity contribution >= 4 is 22.3 Å². The molecule has 0 unspecified atom stereocenters. The van der Waals surface area contributed by atoms with Gasteiger partial charge in [-0.05, 0) is 39.0 Å². The highest BCUT2D eigenvalue weighted by atomic mass is 16.4. The first-order chi connectivity index (χ1) is 11.0. The molecule has 1 N–H and O–H groups in total. The smallest absolute Gasteiger partial charge is 0.348 e. The first-order valence-electron chi connectivity index (χ1n) is 7.34. The Kier molecular flexibility index (Phi) is 3.73. The number of hydrogen-bond donors (Lipinski definition) is 1. The van der Waals surface area contributed by atoms with E-state index in [2.05, 4.69) is 10.1 Å². The Bertz CT molecular complexity index is 967. The zero-order valence-electron chi connectivity index (χ0n) is 13.2. The van der Waals surface area contributed by atoms with E-state index in [9.17, 15) is 9.90 Å². The van der Waals surface area contributed by atoms with E-state index in [1.54, 1.807) is 20.0 Å². The van der Waals surface area contributed by atoms with Crippen molar-refractivity contribution in [1.29, 1.82) is 0 Å². The average Bonchev–Trinajstić information content (AvgIpc) is 2.88. The lowest BCUT2D eigenvalue weighted by Crippen LogP contribution is -2.12. The van der Waals surface area contributed by atoms with Crippen LogP contribution in [0.4, 0.5) is 5.69 Å². The number of fused-ring (bicyclic) bond motifs is 1. The molecule has 1 aromatic carbocycles. The fourth-order valence-corrected chi connectivity index (χ4v) is 2.57. The van der Waals surface area contributed by atoms with Gasteiger partial charge in [0.1, 0.15) is 17.1 Å². The molecule has 118 valence electrons. The van der Waals surface area contributed by atoms with Crippen LogP contribution in [0.2, 0.25) is 0 Å². The Morgan fingerprint density at radius 2 is 2.17 bits per heavy atom. The molecule has 0 saturated heterocycles. The van der Waals surface area contributed by atoms with Crippen molar-refractivity contribution in [2.75, 3.05) is 0 Å². The minimum absolute atomic E-state index is 0.0833. The quantitative estimate of drug-likeness (QED) is 0.753. The van der Waals surface area contributed by atoms with Gasteiger partial charge in [-0.1, -0.05) is 0 Å². The molecular weight excluding hydrogens is 294 g/mol. The predicted octanol–water partition coefficient (Wildman–Crippen LogP) is 3.16. The molecule has 6 heteroatoms. The van der Waals surface area contributed by atoms with Crippen molar-refractivity contribution in [3.05, 3.63) is 52.2 Å². The van der Waals surface area contributed by atoms with Gasteiger partial charge in [0.05, 0.1) is 23.1 Å². The molecular formula is C17H17N3O3. The maximum Gasteiger partial charge on any atom is 0.348 e. The Labute approximate surface area is 132 Å². The van der Waals surface area contributed by atoms with Crippen LogP contribution in [0, 0.1) is 6.92 Å². The lowest BCUT2D eigenvalue weighted by molar-refractivity contribution is 0.432. The summed E-state index contributed by atoms with van der Waals surface area (Å²) in [5.74, 6) is 0.234. The standard InChI is InChI=1S/C17H17N3O3/c1-4-20-14-6-5-13(8-12(14)9-18-20)19-11(3)16-15(21)7-10(2)23-17(16)22/h5-9,21H,4H2,1-3H3. The molecule has 23 heavy (non-hydrogen) atoms. The Morgan fingerprint density at radius 3 is 2.87 bits per heavy atom. The Balaban J connectivity index is 2.06. The molecule has 0 aliphatic carbocycles. The number of aliphatic imine (C=N–C) groups is 1. The first kappa shape index (κ1) is 15.0. The van der Waals surface area contributed by atoms with Gasteiger partial charge in [-0.2, -0.15) is 5.10 Å². The molecule has 2 heterocycles. The van der Waals surface area contributed by atoms with Crippen molar-refractivity contribution in [2.24, 2.45) is 4.99 Å². The van der Waals surface area contributed by atoms with Crippen molar-refractivity contribution < 1.29 is 9.52 Å². The largest absolute Gasteiger partial charge is 0.507 e. The van der Waals surface area contributed by atoms with Crippen LogP contribution in [0.15, 0.2) is 44.7 Å². The van der Waals surface area contributed by atoms with Crippen molar-refractivity contribution in [3.8, 4) is 5.75 Å². The highest BCUT2D eigenvalue weighted by Crippen LogP contribution is 2.23. The SMILES string of the molecule is CCn1ncc2cc(N=C(C)c3c(O)cc(C)oc3=O)ccc21. The van der Waals surface area contributed by atoms with Crippen LogP contribution in [-0.2, 0) is 6.54 Å². The normalized spacial score (nSPS) is 12.0. The molecule has 0 saturated carbocycles. The van der Waals surface area contributed by atoms with Crippen LogP contribution in [0.5, 0.6) is 5.75 Å². The minimum Gasteiger partial charge on any atom is -0.507 e. The lowest BCUT2D eigenvalue weighted by Gasteiger charge is -2.04. The first-order valence-corrected chi connectivity index (χ1v) is 7.34. The molecule has 6 nitrogen and oxygen atoms in total. The predicted molar refractivity (Wildman–Crippen MR) is 88.7 cm³/mol. The van der Waals surface area contributed by atoms with Gasteiger partial charge < -0.3 is 9.52 Å². The van der Waals surface area contributed by atoms with Crippen LogP contribution in [0.1, 0.15) is 25.2 Å². The van der Waals surface area contributed by atoms with E-state index in [4.69, 9.17) is 4.42 Å². The van der Waals surface area contributed by atoms with Crippen LogP contribution in [-0.4, -0.2) is 20.6 Å².